The first-order valence-corrected chi connectivity index (χ1v) is 4.92. The van der Waals surface area contributed by atoms with Gasteiger partial charge in [-0.25, -0.2) is 9.78 Å². The first kappa shape index (κ1) is 14.9. The molecule has 0 spiro atoms. The second-order valence-electron chi connectivity index (χ2n) is 3.06. The van der Waals surface area contributed by atoms with E-state index in [-0.39, 0.29) is 46.6 Å². The van der Waals surface area contributed by atoms with Crippen LogP contribution in [0.1, 0.15) is 39.5 Å². The van der Waals surface area contributed by atoms with Crippen LogP contribution < -0.4 is 0 Å². The van der Waals surface area contributed by atoms with Gasteiger partial charge < -0.3 is 7.59 Å². The van der Waals surface area contributed by atoms with E-state index in [1.165, 1.54) is 0 Å². The Bertz CT molecular complexity index is 286. The zero-order chi connectivity index (χ0) is 10.2. The van der Waals surface area contributed by atoms with Crippen molar-refractivity contribution in [3.63, 3.8) is 0 Å². The molecule has 0 aliphatic carbocycles. The van der Waals surface area contributed by atoms with Gasteiger partial charge in [-0.05, 0) is 18.6 Å². The van der Waals surface area contributed by atoms with E-state index in [1.807, 2.05) is 0 Å². The molecule has 0 saturated heterocycles. The van der Waals surface area contributed by atoms with E-state index in [1.54, 1.807) is 24.4 Å². The Labute approximate surface area is 123 Å². The molecule has 0 aliphatic rings. The molecule has 0 atom stereocenters. The summed E-state index contributed by atoms with van der Waals surface area (Å²) in [6.07, 6.45) is 4.73. The van der Waals surface area contributed by atoms with E-state index in [9.17, 15) is 4.79 Å². The van der Waals surface area contributed by atoms with Crippen molar-refractivity contribution in [3.8, 4) is 0 Å². The third-order valence-corrected chi connectivity index (χ3v) is 1.86. The first-order chi connectivity index (χ1) is 6.84. The molecular weight excluding hydrogens is 218 g/mol. The Morgan fingerprint density at radius 1 is 1.47 bits per heavy atom. The van der Waals surface area contributed by atoms with Gasteiger partial charge in [0.25, 0.3) is 0 Å². The SMILES string of the molecule is CCCCCOC(=O)c1ccccn1.[Ca+2].[H-].[H-]. The largest absolute Gasteiger partial charge is 2.00 e. The van der Waals surface area contributed by atoms with E-state index in [4.69, 9.17) is 4.74 Å². The summed E-state index contributed by atoms with van der Waals surface area (Å²) >= 11 is 0. The van der Waals surface area contributed by atoms with Gasteiger partial charge in [0.2, 0.25) is 0 Å². The average Bonchev–Trinajstić information content (AvgIpc) is 2.25. The maximum absolute atomic E-state index is 11.3. The number of hydrogen-bond donors (Lipinski definition) is 0. The van der Waals surface area contributed by atoms with Gasteiger partial charge in [0.05, 0.1) is 6.61 Å². The summed E-state index contributed by atoms with van der Waals surface area (Å²) < 4.78 is 5.03. The van der Waals surface area contributed by atoms with Crippen LogP contribution in [0.5, 0.6) is 0 Å². The van der Waals surface area contributed by atoms with E-state index in [0.717, 1.165) is 19.3 Å². The van der Waals surface area contributed by atoms with Gasteiger partial charge in [-0.2, -0.15) is 0 Å². The molecule has 0 aliphatic heterocycles. The van der Waals surface area contributed by atoms with Crippen molar-refractivity contribution in [3.05, 3.63) is 30.1 Å². The molecule has 0 fully saturated rings. The van der Waals surface area contributed by atoms with Crippen LogP contribution in [0.25, 0.3) is 0 Å². The number of nitrogens with zero attached hydrogens (tertiary/aromatic N) is 1. The Morgan fingerprint density at radius 3 is 2.87 bits per heavy atom. The van der Waals surface area contributed by atoms with Gasteiger partial charge in [0, 0.05) is 6.20 Å². The number of carbonyl (C=O) groups excluding carboxylic acids is 1. The summed E-state index contributed by atoms with van der Waals surface area (Å²) in [5, 5.41) is 0. The summed E-state index contributed by atoms with van der Waals surface area (Å²) in [6, 6.07) is 5.20. The second-order valence-corrected chi connectivity index (χ2v) is 3.06. The predicted molar refractivity (Wildman–Crippen MR) is 62.0 cm³/mol. The molecule has 0 aromatic carbocycles. The van der Waals surface area contributed by atoms with Gasteiger partial charge in [-0.15, -0.1) is 0 Å². The average molecular weight is 235 g/mol. The molecule has 1 rings (SSSR count). The Kier molecular flexibility index (Phi) is 9.06. The quantitative estimate of drug-likeness (QED) is 0.446. The van der Waals surface area contributed by atoms with Crippen molar-refractivity contribution < 1.29 is 12.4 Å². The predicted octanol–water partition coefficient (Wildman–Crippen LogP) is 2.27. The maximum Gasteiger partial charge on any atom is 2.00 e. The molecule has 0 N–H and O–H groups in total. The summed E-state index contributed by atoms with van der Waals surface area (Å²) in [7, 11) is 0. The van der Waals surface area contributed by atoms with Gasteiger partial charge in [0.15, 0.2) is 0 Å². The smallest absolute Gasteiger partial charge is 1.00 e. The molecule has 0 saturated carbocycles. The molecule has 0 amide bonds. The molecule has 1 heterocycles. The Hall–Kier alpha value is -0.120. The summed E-state index contributed by atoms with van der Waals surface area (Å²) in [5.74, 6) is -0.332. The maximum atomic E-state index is 11.3. The van der Waals surface area contributed by atoms with Crippen molar-refractivity contribution >= 4 is 43.7 Å². The number of esters is 1. The number of carbonyl (C=O) groups is 1. The summed E-state index contributed by atoms with van der Waals surface area (Å²) in [5.41, 5.74) is 0.379. The molecule has 0 unspecified atom stereocenters. The normalized spacial score (nSPS) is 9.13. The van der Waals surface area contributed by atoms with Crippen molar-refractivity contribution in [1.29, 1.82) is 0 Å². The van der Waals surface area contributed by atoms with Crippen LogP contribution in [0.4, 0.5) is 0 Å². The molecule has 0 radical (unpaired) electrons. The fraction of sp³-hybridized carbons (Fsp3) is 0.455. The fourth-order valence-electron chi connectivity index (χ4n) is 1.07. The Morgan fingerprint density at radius 2 is 2.27 bits per heavy atom. The third kappa shape index (κ3) is 6.13. The molecular formula is C11H17CaNO2. The summed E-state index contributed by atoms with van der Waals surface area (Å²) in [4.78, 5) is 15.2. The number of pyridine rings is 1. The molecule has 1 aromatic rings. The van der Waals surface area contributed by atoms with E-state index >= 15 is 0 Å². The molecule has 4 heteroatoms. The van der Waals surface area contributed by atoms with Crippen molar-refractivity contribution in [1.82, 2.24) is 4.98 Å². The van der Waals surface area contributed by atoms with Crippen LogP contribution in [-0.4, -0.2) is 55.3 Å². The van der Waals surface area contributed by atoms with Crippen molar-refractivity contribution in [2.24, 2.45) is 0 Å². The van der Waals surface area contributed by atoms with Crippen molar-refractivity contribution in [2.75, 3.05) is 6.61 Å². The monoisotopic (exact) mass is 235 g/mol. The first-order valence-electron chi connectivity index (χ1n) is 4.92. The number of ether oxygens (including phenoxy) is 1. The number of rotatable bonds is 5. The molecule has 80 valence electrons. The van der Waals surface area contributed by atoms with Gasteiger partial charge in [0.1, 0.15) is 5.69 Å². The van der Waals surface area contributed by atoms with Crippen molar-refractivity contribution in [2.45, 2.75) is 26.2 Å². The number of hydrogen-bond acceptors (Lipinski definition) is 3. The number of unbranched alkanes of at least 4 members (excludes halogenated alkanes) is 2. The standard InChI is InChI=1S/C11H15NO2.Ca.2H/c1-2-3-6-9-14-11(13)10-7-4-5-8-12-10;;;/h4-5,7-8H,2-3,6,9H2,1H3;;;/q;+2;2*-1. The minimum Gasteiger partial charge on any atom is -1.00 e. The minimum absolute atomic E-state index is 0. The molecule has 15 heavy (non-hydrogen) atoms. The van der Waals surface area contributed by atoms with Crippen LogP contribution in [0.15, 0.2) is 24.4 Å². The van der Waals surface area contributed by atoms with Crippen LogP contribution in [0, 0.1) is 0 Å². The molecule has 0 bridgehead atoms. The molecule has 3 nitrogen and oxygen atoms in total. The van der Waals surface area contributed by atoms with Crippen LogP contribution in [0.2, 0.25) is 0 Å². The molecule has 1 aromatic heterocycles. The summed E-state index contributed by atoms with van der Waals surface area (Å²) in [6.45, 7) is 2.60. The Balaban J connectivity index is -0.000000653. The van der Waals surface area contributed by atoms with Crippen LogP contribution in [0.3, 0.4) is 0 Å². The fourth-order valence-corrected chi connectivity index (χ4v) is 1.07. The van der Waals surface area contributed by atoms with Gasteiger partial charge in [-0.1, -0.05) is 25.8 Å². The van der Waals surface area contributed by atoms with Crippen LogP contribution in [-0.2, 0) is 4.74 Å². The zero-order valence-corrected chi connectivity index (χ0v) is 11.3. The number of aromatic nitrogens is 1. The van der Waals surface area contributed by atoms with Gasteiger partial charge >= 0.3 is 43.7 Å². The van der Waals surface area contributed by atoms with E-state index in [0.29, 0.717) is 12.3 Å². The topological polar surface area (TPSA) is 39.2 Å². The third-order valence-electron chi connectivity index (χ3n) is 1.86. The van der Waals surface area contributed by atoms with E-state index in [2.05, 4.69) is 11.9 Å². The zero-order valence-electron chi connectivity index (χ0n) is 11.1. The minimum atomic E-state index is -0.332. The van der Waals surface area contributed by atoms with E-state index < -0.39 is 0 Å². The second kappa shape index (κ2) is 9.13. The van der Waals surface area contributed by atoms with Crippen LogP contribution >= 0.6 is 0 Å². The van der Waals surface area contributed by atoms with Gasteiger partial charge in [-0.3, -0.25) is 0 Å².